The van der Waals surface area contributed by atoms with Crippen molar-refractivity contribution in [2.75, 3.05) is 25.0 Å². The highest BCUT2D eigenvalue weighted by molar-refractivity contribution is 5.48. The van der Waals surface area contributed by atoms with E-state index in [1.54, 1.807) is 6.33 Å². The second-order valence-electron chi connectivity index (χ2n) is 5.44. The lowest BCUT2D eigenvalue weighted by Gasteiger charge is -2.17. The standard InChI is InChI=1S/C14H22N4O/c1-3-19-14-10(2)13(15-9-16-14)17-11-6-7-18(8-11)12-4-5-12/h9,11-12H,3-8H2,1-2H3,(H,15,16,17). The summed E-state index contributed by atoms with van der Waals surface area (Å²) in [5, 5.41) is 3.55. The van der Waals surface area contributed by atoms with Crippen molar-refractivity contribution in [3.63, 3.8) is 0 Å². The third kappa shape index (κ3) is 2.81. The van der Waals surface area contributed by atoms with Crippen LogP contribution in [0.4, 0.5) is 5.82 Å². The molecule has 5 nitrogen and oxygen atoms in total. The fourth-order valence-electron chi connectivity index (χ4n) is 2.73. The Labute approximate surface area is 114 Å². The molecule has 1 N–H and O–H groups in total. The molecular formula is C14H22N4O. The van der Waals surface area contributed by atoms with E-state index >= 15 is 0 Å². The van der Waals surface area contributed by atoms with Crippen LogP contribution < -0.4 is 10.1 Å². The van der Waals surface area contributed by atoms with Crippen molar-refractivity contribution >= 4 is 5.82 Å². The second-order valence-corrected chi connectivity index (χ2v) is 5.44. The molecule has 2 aliphatic rings. The Kier molecular flexibility index (Phi) is 3.55. The maximum atomic E-state index is 5.51. The molecule has 1 aromatic heterocycles. The summed E-state index contributed by atoms with van der Waals surface area (Å²) in [5.41, 5.74) is 1.01. The summed E-state index contributed by atoms with van der Waals surface area (Å²) in [6.45, 7) is 6.97. The number of hydrogen-bond acceptors (Lipinski definition) is 5. The average Bonchev–Trinajstić information content (AvgIpc) is 3.15. The molecule has 1 saturated heterocycles. The molecule has 1 saturated carbocycles. The van der Waals surface area contributed by atoms with Gasteiger partial charge in [0.1, 0.15) is 12.1 Å². The minimum Gasteiger partial charge on any atom is -0.478 e. The highest BCUT2D eigenvalue weighted by atomic mass is 16.5. The molecule has 1 aliphatic heterocycles. The minimum atomic E-state index is 0.503. The lowest BCUT2D eigenvalue weighted by molar-refractivity contribution is 0.323. The van der Waals surface area contributed by atoms with Gasteiger partial charge in [-0.15, -0.1) is 0 Å². The summed E-state index contributed by atoms with van der Waals surface area (Å²) in [6.07, 6.45) is 5.54. The maximum absolute atomic E-state index is 5.51. The number of anilines is 1. The Hall–Kier alpha value is -1.36. The van der Waals surface area contributed by atoms with Gasteiger partial charge in [0.15, 0.2) is 0 Å². The quantitative estimate of drug-likeness (QED) is 0.877. The summed E-state index contributed by atoms with van der Waals surface area (Å²) in [6, 6.07) is 1.36. The first kappa shape index (κ1) is 12.7. The first-order valence-electron chi connectivity index (χ1n) is 7.23. The van der Waals surface area contributed by atoms with E-state index in [-0.39, 0.29) is 0 Å². The number of aromatic nitrogens is 2. The van der Waals surface area contributed by atoms with Crippen LogP contribution in [0.15, 0.2) is 6.33 Å². The van der Waals surface area contributed by atoms with Gasteiger partial charge in [-0.25, -0.2) is 9.97 Å². The van der Waals surface area contributed by atoms with Crippen LogP contribution >= 0.6 is 0 Å². The first-order valence-corrected chi connectivity index (χ1v) is 7.23. The molecule has 1 aliphatic carbocycles. The molecular weight excluding hydrogens is 240 g/mol. The second kappa shape index (κ2) is 5.33. The fraction of sp³-hybridized carbons (Fsp3) is 0.714. The molecule has 104 valence electrons. The molecule has 0 radical (unpaired) electrons. The highest BCUT2D eigenvalue weighted by Crippen LogP contribution is 2.31. The van der Waals surface area contributed by atoms with Crippen LogP contribution in [-0.2, 0) is 0 Å². The number of likely N-dealkylation sites (tertiary alicyclic amines) is 1. The normalized spacial score (nSPS) is 23.6. The van der Waals surface area contributed by atoms with Gasteiger partial charge in [-0.3, -0.25) is 4.90 Å². The zero-order valence-electron chi connectivity index (χ0n) is 11.7. The smallest absolute Gasteiger partial charge is 0.221 e. The maximum Gasteiger partial charge on any atom is 0.221 e. The van der Waals surface area contributed by atoms with Crippen molar-refractivity contribution in [3.8, 4) is 5.88 Å². The van der Waals surface area contributed by atoms with Crippen molar-refractivity contribution in [2.24, 2.45) is 0 Å². The molecule has 1 atom stereocenters. The van der Waals surface area contributed by atoms with Crippen LogP contribution in [0.25, 0.3) is 0 Å². The van der Waals surface area contributed by atoms with Crippen molar-refractivity contribution in [2.45, 2.75) is 45.2 Å². The van der Waals surface area contributed by atoms with Gasteiger partial charge in [0, 0.05) is 25.2 Å². The summed E-state index contributed by atoms with van der Waals surface area (Å²) >= 11 is 0. The van der Waals surface area contributed by atoms with E-state index in [4.69, 9.17) is 4.74 Å². The molecule has 19 heavy (non-hydrogen) atoms. The number of nitrogens with zero attached hydrogens (tertiary/aromatic N) is 3. The molecule has 0 aromatic carbocycles. The average molecular weight is 262 g/mol. The lowest BCUT2D eigenvalue weighted by Crippen LogP contribution is -2.28. The first-order chi connectivity index (χ1) is 9.28. The van der Waals surface area contributed by atoms with Crippen molar-refractivity contribution in [1.29, 1.82) is 0 Å². The van der Waals surface area contributed by atoms with Crippen molar-refractivity contribution < 1.29 is 4.74 Å². The lowest BCUT2D eigenvalue weighted by atomic mass is 10.2. The highest BCUT2D eigenvalue weighted by Gasteiger charge is 2.34. The van der Waals surface area contributed by atoms with Crippen LogP contribution in [0.5, 0.6) is 5.88 Å². The van der Waals surface area contributed by atoms with E-state index in [0.717, 1.165) is 24.0 Å². The predicted octanol–water partition coefficient (Wildman–Crippen LogP) is 1.83. The molecule has 2 fully saturated rings. The van der Waals surface area contributed by atoms with Gasteiger partial charge in [0.05, 0.1) is 12.2 Å². The largest absolute Gasteiger partial charge is 0.478 e. The van der Waals surface area contributed by atoms with E-state index < -0.39 is 0 Å². The van der Waals surface area contributed by atoms with Crippen LogP contribution in [0.2, 0.25) is 0 Å². The van der Waals surface area contributed by atoms with Gasteiger partial charge in [-0.05, 0) is 33.1 Å². The third-order valence-corrected chi connectivity index (χ3v) is 3.94. The molecule has 2 heterocycles. The Morgan fingerprint density at radius 2 is 2.21 bits per heavy atom. The zero-order valence-corrected chi connectivity index (χ0v) is 11.7. The monoisotopic (exact) mass is 262 g/mol. The van der Waals surface area contributed by atoms with E-state index in [1.807, 2.05) is 13.8 Å². The Morgan fingerprint density at radius 3 is 2.95 bits per heavy atom. The number of nitrogens with one attached hydrogen (secondary N) is 1. The van der Waals surface area contributed by atoms with Crippen LogP contribution in [-0.4, -0.2) is 46.6 Å². The van der Waals surface area contributed by atoms with Crippen LogP contribution in [0, 0.1) is 6.92 Å². The number of hydrogen-bond donors (Lipinski definition) is 1. The molecule has 3 rings (SSSR count). The Bertz CT molecular complexity index is 447. The van der Waals surface area contributed by atoms with Gasteiger partial charge < -0.3 is 10.1 Å². The zero-order chi connectivity index (χ0) is 13.2. The summed E-state index contributed by atoms with van der Waals surface area (Å²) in [7, 11) is 0. The summed E-state index contributed by atoms with van der Waals surface area (Å²) in [5.74, 6) is 1.61. The summed E-state index contributed by atoms with van der Waals surface area (Å²) < 4.78 is 5.51. The van der Waals surface area contributed by atoms with Gasteiger partial charge in [0.25, 0.3) is 0 Å². The predicted molar refractivity (Wildman–Crippen MR) is 74.6 cm³/mol. The van der Waals surface area contributed by atoms with Crippen molar-refractivity contribution in [1.82, 2.24) is 14.9 Å². The fourth-order valence-corrected chi connectivity index (χ4v) is 2.73. The van der Waals surface area contributed by atoms with E-state index in [9.17, 15) is 0 Å². The topological polar surface area (TPSA) is 50.3 Å². The SMILES string of the molecule is CCOc1ncnc(NC2CCN(C3CC3)C2)c1C. The molecule has 0 bridgehead atoms. The van der Waals surface area contributed by atoms with Crippen LogP contribution in [0.3, 0.4) is 0 Å². The van der Waals surface area contributed by atoms with Crippen LogP contribution in [0.1, 0.15) is 31.7 Å². The third-order valence-electron chi connectivity index (χ3n) is 3.94. The summed E-state index contributed by atoms with van der Waals surface area (Å²) in [4.78, 5) is 11.1. The van der Waals surface area contributed by atoms with E-state index in [1.165, 1.54) is 25.8 Å². The van der Waals surface area contributed by atoms with E-state index in [2.05, 4.69) is 20.2 Å². The minimum absolute atomic E-state index is 0.503. The Morgan fingerprint density at radius 1 is 1.37 bits per heavy atom. The molecule has 0 amide bonds. The van der Waals surface area contributed by atoms with E-state index in [0.29, 0.717) is 18.5 Å². The number of rotatable bonds is 5. The van der Waals surface area contributed by atoms with Gasteiger partial charge in [-0.1, -0.05) is 0 Å². The Balaban J connectivity index is 1.64. The van der Waals surface area contributed by atoms with Gasteiger partial charge in [0.2, 0.25) is 5.88 Å². The van der Waals surface area contributed by atoms with Gasteiger partial charge in [-0.2, -0.15) is 0 Å². The molecule has 1 aromatic rings. The number of ether oxygens (including phenoxy) is 1. The van der Waals surface area contributed by atoms with Crippen molar-refractivity contribution in [3.05, 3.63) is 11.9 Å². The molecule has 5 heteroatoms. The van der Waals surface area contributed by atoms with Gasteiger partial charge >= 0.3 is 0 Å². The molecule has 1 unspecified atom stereocenters. The molecule has 0 spiro atoms.